The number of fused-ring (bicyclic) bond motifs is 1. The van der Waals surface area contributed by atoms with E-state index in [1.807, 2.05) is 0 Å². The highest BCUT2D eigenvalue weighted by Crippen LogP contribution is 2.28. The van der Waals surface area contributed by atoms with Gasteiger partial charge in [0.05, 0.1) is 10.6 Å². The van der Waals surface area contributed by atoms with Gasteiger partial charge in [-0.1, -0.05) is 17.7 Å². The molecule has 0 saturated heterocycles. The quantitative estimate of drug-likeness (QED) is 0.600. The standard InChI is InChI=1S/C17H10ClFN6/c18-12-3-1-2-11(13(12)19)15-24-16-14(21-8-9-22-16)17(25-15)23-10-4-6-20-7-5-10/h1-9H,(H,20,22,23,24,25). The molecular formula is C17H10ClFN6. The average molecular weight is 353 g/mol. The summed E-state index contributed by atoms with van der Waals surface area (Å²) >= 11 is 5.87. The predicted octanol–water partition coefficient (Wildman–Crippen LogP) is 4.02. The summed E-state index contributed by atoms with van der Waals surface area (Å²) in [7, 11) is 0. The third-order valence-electron chi connectivity index (χ3n) is 3.47. The SMILES string of the molecule is Fc1c(Cl)cccc1-c1nc(Nc2ccncc2)c2nccnc2n1. The molecule has 25 heavy (non-hydrogen) atoms. The van der Waals surface area contributed by atoms with Crippen molar-refractivity contribution in [2.45, 2.75) is 0 Å². The molecule has 0 unspecified atom stereocenters. The van der Waals surface area contributed by atoms with Crippen molar-refractivity contribution >= 4 is 34.3 Å². The molecule has 122 valence electrons. The van der Waals surface area contributed by atoms with Gasteiger partial charge in [-0.2, -0.15) is 0 Å². The van der Waals surface area contributed by atoms with E-state index in [4.69, 9.17) is 11.6 Å². The third-order valence-corrected chi connectivity index (χ3v) is 3.76. The maximum absolute atomic E-state index is 14.4. The molecule has 0 radical (unpaired) electrons. The van der Waals surface area contributed by atoms with Gasteiger partial charge in [-0.15, -0.1) is 0 Å². The van der Waals surface area contributed by atoms with Crippen LogP contribution in [0.1, 0.15) is 0 Å². The molecule has 1 N–H and O–H groups in total. The first-order valence-electron chi connectivity index (χ1n) is 7.32. The largest absolute Gasteiger partial charge is 0.338 e. The summed E-state index contributed by atoms with van der Waals surface area (Å²) in [5.41, 5.74) is 1.78. The van der Waals surface area contributed by atoms with E-state index in [9.17, 15) is 4.39 Å². The number of aromatic nitrogens is 5. The highest BCUT2D eigenvalue weighted by Gasteiger charge is 2.16. The lowest BCUT2D eigenvalue weighted by atomic mass is 10.2. The van der Waals surface area contributed by atoms with E-state index in [1.54, 1.807) is 42.9 Å². The smallest absolute Gasteiger partial charge is 0.184 e. The van der Waals surface area contributed by atoms with Crippen LogP contribution in [0.25, 0.3) is 22.6 Å². The highest BCUT2D eigenvalue weighted by atomic mass is 35.5. The fraction of sp³-hybridized carbons (Fsp3) is 0. The number of hydrogen-bond acceptors (Lipinski definition) is 6. The number of nitrogens with one attached hydrogen (secondary N) is 1. The van der Waals surface area contributed by atoms with Crippen LogP contribution in [-0.2, 0) is 0 Å². The van der Waals surface area contributed by atoms with Crippen molar-refractivity contribution in [3.63, 3.8) is 0 Å². The van der Waals surface area contributed by atoms with Crippen LogP contribution in [0.4, 0.5) is 15.9 Å². The van der Waals surface area contributed by atoms with Crippen molar-refractivity contribution in [3.05, 3.63) is 66.0 Å². The van der Waals surface area contributed by atoms with E-state index in [-0.39, 0.29) is 16.4 Å². The van der Waals surface area contributed by atoms with E-state index >= 15 is 0 Å². The number of hydrogen-bond donors (Lipinski definition) is 1. The van der Waals surface area contributed by atoms with Crippen molar-refractivity contribution in [1.82, 2.24) is 24.9 Å². The summed E-state index contributed by atoms with van der Waals surface area (Å²) < 4.78 is 14.4. The van der Waals surface area contributed by atoms with Crippen LogP contribution >= 0.6 is 11.6 Å². The van der Waals surface area contributed by atoms with Gasteiger partial charge < -0.3 is 5.32 Å². The number of anilines is 2. The van der Waals surface area contributed by atoms with Crippen molar-refractivity contribution in [1.29, 1.82) is 0 Å². The molecule has 0 bridgehead atoms. The Morgan fingerprint density at radius 3 is 2.56 bits per heavy atom. The Labute approximate surface area is 146 Å². The van der Waals surface area contributed by atoms with Gasteiger partial charge in [-0.25, -0.2) is 24.3 Å². The first kappa shape index (κ1) is 15.3. The van der Waals surface area contributed by atoms with Crippen LogP contribution in [0, 0.1) is 5.82 Å². The molecule has 6 nitrogen and oxygen atoms in total. The second-order valence-electron chi connectivity index (χ2n) is 5.09. The summed E-state index contributed by atoms with van der Waals surface area (Å²) in [6, 6.07) is 8.24. The van der Waals surface area contributed by atoms with E-state index < -0.39 is 5.82 Å². The Kier molecular flexibility index (Phi) is 3.91. The Balaban J connectivity index is 1.91. The summed E-state index contributed by atoms with van der Waals surface area (Å²) in [6.45, 7) is 0. The minimum Gasteiger partial charge on any atom is -0.338 e. The number of nitrogens with zero attached hydrogens (tertiary/aromatic N) is 5. The fourth-order valence-corrected chi connectivity index (χ4v) is 2.49. The van der Waals surface area contributed by atoms with Gasteiger partial charge >= 0.3 is 0 Å². The summed E-state index contributed by atoms with van der Waals surface area (Å²) in [6.07, 6.45) is 6.36. The fourth-order valence-electron chi connectivity index (χ4n) is 2.32. The minimum absolute atomic E-state index is 0.00369. The third kappa shape index (κ3) is 2.97. The number of benzene rings is 1. The maximum Gasteiger partial charge on any atom is 0.184 e. The molecule has 3 heterocycles. The van der Waals surface area contributed by atoms with E-state index in [1.165, 1.54) is 12.3 Å². The summed E-state index contributed by atoms with van der Waals surface area (Å²) in [5, 5.41) is 3.15. The zero-order valence-corrected chi connectivity index (χ0v) is 13.4. The average Bonchev–Trinajstić information content (AvgIpc) is 2.65. The van der Waals surface area contributed by atoms with Crippen LogP contribution in [0.5, 0.6) is 0 Å². The normalized spacial score (nSPS) is 10.8. The zero-order chi connectivity index (χ0) is 17.2. The molecular weight excluding hydrogens is 343 g/mol. The van der Waals surface area contributed by atoms with Crippen molar-refractivity contribution in [2.75, 3.05) is 5.32 Å². The molecule has 0 aliphatic rings. The van der Waals surface area contributed by atoms with Gasteiger partial charge in [-0.05, 0) is 24.3 Å². The van der Waals surface area contributed by atoms with Crippen molar-refractivity contribution in [2.24, 2.45) is 0 Å². The van der Waals surface area contributed by atoms with Crippen LogP contribution < -0.4 is 5.32 Å². The molecule has 0 saturated carbocycles. The van der Waals surface area contributed by atoms with Gasteiger partial charge in [0.25, 0.3) is 0 Å². The van der Waals surface area contributed by atoms with Gasteiger partial charge in [-0.3, -0.25) is 4.98 Å². The summed E-state index contributed by atoms with van der Waals surface area (Å²) in [4.78, 5) is 21.2. The van der Waals surface area contributed by atoms with Gasteiger partial charge in [0.1, 0.15) is 0 Å². The molecule has 0 atom stereocenters. The lowest BCUT2D eigenvalue weighted by molar-refractivity contribution is 0.630. The van der Waals surface area contributed by atoms with Crippen LogP contribution in [0.15, 0.2) is 55.1 Å². The number of pyridine rings is 1. The zero-order valence-electron chi connectivity index (χ0n) is 12.7. The molecule has 4 rings (SSSR count). The van der Waals surface area contributed by atoms with Crippen LogP contribution in [-0.4, -0.2) is 24.9 Å². The van der Waals surface area contributed by atoms with E-state index in [0.717, 1.165) is 5.69 Å². The predicted molar refractivity (Wildman–Crippen MR) is 93.1 cm³/mol. The number of rotatable bonds is 3. The second-order valence-corrected chi connectivity index (χ2v) is 5.49. The molecule has 0 aliphatic heterocycles. The van der Waals surface area contributed by atoms with Crippen LogP contribution in [0.2, 0.25) is 5.02 Å². The Morgan fingerprint density at radius 1 is 0.920 bits per heavy atom. The Hall–Kier alpha value is -3.19. The van der Waals surface area contributed by atoms with Gasteiger partial charge in [0.2, 0.25) is 0 Å². The first-order valence-corrected chi connectivity index (χ1v) is 7.70. The topological polar surface area (TPSA) is 76.5 Å². The van der Waals surface area contributed by atoms with Gasteiger partial charge in [0.15, 0.2) is 28.6 Å². The molecule has 8 heteroatoms. The molecule has 1 aromatic carbocycles. The molecule has 0 spiro atoms. The lowest BCUT2D eigenvalue weighted by Gasteiger charge is -2.10. The Morgan fingerprint density at radius 2 is 1.72 bits per heavy atom. The first-order chi connectivity index (χ1) is 12.2. The molecule has 0 fully saturated rings. The molecule has 0 amide bonds. The monoisotopic (exact) mass is 352 g/mol. The van der Waals surface area contributed by atoms with Crippen LogP contribution in [0.3, 0.4) is 0 Å². The molecule has 4 aromatic rings. The molecule has 3 aromatic heterocycles. The summed E-state index contributed by atoms with van der Waals surface area (Å²) in [5.74, 6) is 0.00509. The maximum atomic E-state index is 14.4. The van der Waals surface area contributed by atoms with Crippen molar-refractivity contribution < 1.29 is 4.39 Å². The number of halogens is 2. The van der Waals surface area contributed by atoms with E-state index in [0.29, 0.717) is 17.0 Å². The second kappa shape index (κ2) is 6.37. The molecule has 0 aliphatic carbocycles. The van der Waals surface area contributed by atoms with E-state index in [2.05, 4.69) is 30.2 Å². The Bertz CT molecular complexity index is 1060. The van der Waals surface area contributed by atoms with Gasteiger partial charge in [0, 0.05) is 30.5 Å². The lowest BCUT2D eigenvalue weighted by Crippen LogP contribution is -2.02. The minimum atomic E-state index is -0.581. The highest BCUT2D eigenvalue weighted by molar-refractivity contribution is 6.31. The van der Waals surface area contributed by atoms with Crippen molar-refractivity contribution in [3.8, 4) is 11.4 Å².